The average Bonchev–Trinajstić information content (AvgIpc) is 2.86. The fourth-order valence-corrected chi connectivity index (χ4v) is 3.81. The van der Waals surface area contributed by atoms with Crippen molar-refractivity contribution in [1.82, 2.24) is 15.1 Å². The minimum atomic E-state index is 0.00208. The van der Waals surface area contributed by atoms with E-state index in [0.29, 0.717) is 12.0 Å². The van der Waals surface area contributed by atoms with Crippen molar-refractivity contribution in [2.75, 3.05) is 39.9 Å². The molecule has 2 saturated heterocycles. The van der Waals surface area contributed by atoms with E-state index in [2.05, 4.69) is 56.7 Å². The summed E-state index contributed by atoms with van der Waals surface area (Å²) in [6, 6.07) is 0.298. The van der Waals surface area contributed by atoms with E-state index < -0.39 is 0 Å². The second-order valence-corrected chi connectivity index (χ2v) is 9.60. The van der Waals surface area contributed by atoms with Crippen LogP contribution in [0.15, 0.2) is 0 Å². The lowest BCUT2D eigenvalue weighted by atomic mass is 9.79. The molecule has 1 N–H and O–H groups in total. The molecule has 1 unspecified atom stereocenters. The molecule has 0 aromatic carbocycles. The van der Waals surface area contributed by atoms with Gasteiger partial charge in [-0.15, -0.1) is 0 Å². The Hall–Kier alpha value is -0.650. The van der Waals surface area contributed by atoms with Gasteiger partial charge in [-0.25, -0.2) is 0 Å². The van der Waals surface area contributed by atoms with E-state index in [1.54, 1.807) is 7.11 Å². The van der Waals surface area contributed by atoms with Gasteiger partial charge in [0, 0.05) is 38.8 Å². The third kappa shape index (κ3) is 4.70. The van der Waals surface area contributed by atoms with Crippen LogP contribution in [0.5, 0.6) is 0 Å². The van der Waals surface area contributed by atoms with Crippen LogP contribution in [0.2, 0.25) is 0 Å². The molecule has 140 valence electrons. The Labute approximate surface area is 148 Å². The van der Waals surface area contributed by atoms with Crippen molar-refractivity contribution in [2.45, 2.75) is 65.6 Å². The first-order chi connectivity index (χ1) is 11.0. The third-order valence-corrected chi connectivity index (χ3v) is 5.61. The maximum atomic E-state index is 12.9. The van der Waals surface area contributed by atoms with Gasteiger partial charge in [0.05, 0.1) is 18.7 Å². The fourth-order valence-electron chi connectivity index (χ4n) is 3.81. The Morgan fingerprint density at radius 3 is 2.25 bits per heavy atom. The molecule has 2 rings (SSSR count). The van der Waals surface area contributed by atoms with Gasteiger partial charge in [0.1, 0.15) is 0 Å². The van der Waals surface area contributed by atoms with E-state index >= 15 is 0 Å². The SMILES string of the molecule is COCCN1CC(NC(=O)[C@@H]2CC(C(C)(C)C)CN2C(C)(C)C)C1. The van der Waals surface area contributed by atoms with Crippen LogP contribution in [-0.2, 0) is 9.53 Å². The van der Waals surface area contributed by atoms with Crippen LogP contribution in [0.25, 0.3) is 0 Å². The molecule has 24 heavy (non-hydrogen) atoms. The summed E-state index contributed by atoms with van der Waals surface area (Å²) in [5.74, 6) is 0.778. The second-order valence-electron chi connectivity index (χ2n) is 9.60. The molecule has 2 aliphatic heterocycles. The smallest absolute Gasteiger partial charge is 0.237 e. The monoisotopic (exact) mass is 339 g/mol. The third-order valence-electron chi connectivity index (χ3n) is 5.61. The van der Waals surface area contributed by atoms with Gasteiger partial charge in [-0.2, -0.15) is 0 Å². The summed E-state index contributed by atoms with van der Waals surface area (Å²) in [5.41, 5.74) is 0.262. The molecule has 0 radical (unpaired) electrons. The quantitative estimate of drug-likeness (QED) is 0.832. The normalized spacial score (nSPS) is 27.3. The van der Waals surface area contributed by atoms with Crippen molar-refractivity contribution in [2.24, 2.45) is 11.3 Å². The molecule has 1 amide bonds. The summed E-state index contributed by atoms with van der Waals surface area (Å²) in [6.07, 6.45) is 0.965. The van der Waals surface area contributed by atoms with Gasteiger partial charge >= 0.3 is 0 Å². The van der Waals surface area contributed by atoms with Gasteiger partial charge in [-0.3, -0.25) is 14.6 Å². The largest absolute Gasteiger partial charge is 0.383 e. The Kier molecular flexibility index (Phi) is 5.99. The van der Waals surface area contributed by atoms with Crippen molar-refractivity contribution >= 4 is 5.91 Å². The highest BCUT2D eigenvalue weighted by Crippen LogP contribution is 2.39. The van der Waals surface area contributed by atoms with Gasteiger partial charge in [-0.1, -0.05) is 20.8 Å². The molecule has 0 bridgehead atoms. The molecule has 2 heterocycles. The maximum absolute atomic E-state index is 12.9. The molecule has 5 heteroatoms. The molecule has 0 saturated carbocycles. The zero-order valence-electron chi connectivity index (χ0n) is 16.7. The summed E-state index contributed by atoms with van der Waals surface area (Å²) in [5, 5.41) is 3.28. The number of nitrogens with one attached hydrogen (secondary N) is 1. The summed E-state index contributed by atoms with van der Waals surface area (Å²) in [7, 11) is 1.73. The topological polar surface area (TPSA) is 44.8 Å². The number of amides is 1. The Morgan fingerprint density at radius 2 is 1.75 bits per heavy atom. The van der Waals surface area contributed by atoms with Gasteiger partial charge in [0.2, 0.25) is 5.91 Å². The van der Waals surface area contributed by atoms with Gasteiger partial charge in [0.15, 0.2) is 0 Å². The van der Waals surface area contributed by atoms with Crippen molar-refractivity contribution < 1.29 is 9.53 Å². The van der Waals surface area contributed by atoms with Crippen LogP contribution in [0.1, 0.15) is 48.0 Å². The lowest BCUT2D eigenvalue weighted by molar-refractivity contribution is -0.129. The molecule has 5 nitrogen and oxygen atoms in total. The number of ether oxygens (including phenoxy) is 1. The molecule has 2 fully saturated rings. The predicted molar refractivity (Wildman–Crippen MR) is 98.1 cm³/mol. The molecule has 0 aliphatic carbocycles. The number of hydrogen-bond acceptors (Lipinski definition) is 4. The van der Waals surface area contributed by atoms with Crippen LogP contribution in [0, 0.1) is 11.3 Å². The highest BCUT2D eigenvalue weighted by atomic mass is 16.5. The zero-order chi connectivity index (χ0) is 18.1. The van der Waals surface area contributed by atoms with Crippen molar-refractivity contribution in [3.63, 3.8) is 0 Å². The molecule has 2 aliphatic rings. The summed E-state index contributed by atoms with van der Waals surface area (Å²) < 4.78 is 5.11. The highest BCUT2D eigenvalue weighted by Gasteiger charge is 2.46. The number of rotatable bonds is 5. The predicted octanol–water partition coefficient (Wildman–Crippen LogP) is 1.97. The zero-order valence-corrected chi connectivity index (χ0v) is 16.7. The number of carbonyl (C=O) groups excluding carboxylic acids is 1. The molecule has 0 spiro atoms. The number of nitrogens with zero attached hydrogens (tertiary/aromatic N) is 2. The van der Waals surface area contributed by atoms with E-state index in [-0.39, 0.29) is 22.9 Å². The van der Waals surface area contributed by atoms with Crippen molar-refractivity contribution in [3.8, 4) is 0 Å². The first-order valence-corrected chi connectivity index (χ1v) is 9.31. The van der Waals surface area contributed by atoms with Gasteiger partial charge < -0.3 is 10.1 Å². The average molecular weight is 340 g/mol. The summed E-state index contributed by atoms with van der Waals surface area (Å²) in [6.45, 7) is 18.1. The van der Waals surface area contributed by atoms with E-state index in [1.807, 2.05) is 0 Å². The van der Waals surface area contributed by atoms with Crippen molar-refractivity contribution in [1.29, 1.82) is 0 Å². The van der Waals surface area contributed by atoms with E-state index in [0.717, 1.165) is 39.2 Å². The number of methoxy groups -OCH3 is 1. The van der Waals surface area contributed by atoms with Crippen LogP contribution < -0.4 is 5.32 Å². The first kappa shape index (κ1) is 19.7. The molecule has 0 aromatic rings. The highest BCUT2D eigenvalue weighted by molar-refractivity contribution is 5.82. The standard InChI is InChI=1S/C19H37N3O2/c1-18(2,3)14-10-16(22(11-14)19(4,5)6)17(23)20-15-12-21(13-15)8-9-24-7/h14-16H,8-13H2,1-7H3,(H,20,23)/t14?,16-/m0/s1. The maximum Gasteiger partial charge on any atom is 0.237 e. The Bertz CT molecular complexity index is 433. The first-order valence-electron chi connectivity index (χ1n) is 9.31. The fraction of sp³-hybridized carbons (Fsp3) is 0.947. The van der Waals surface area contributed by atoms with Crippen molar-refractivity contribution in [3.05, 3.63) is 0 Å². The minimum Gasteiger partial charge on any atom is -0.383 e. The molecule has 0 aromatic heterocycles. The summed E-state index contributed by atoms with van der Waals surface area (Å²) >= 11 is 0. The number of carbonyl (C=O) groups is 1. The molecular weight excluding hydrogens is 302 g/mol. The Balaban J connectivity index is 1.92. The van der Waals surface area contributed by atoms with Gasteiger partial charge in [-0.05, 0) is 38.5 Å². The molecule has 2 atom stereocenters. The number of likely N-dealkylation sites (tertiary alicyclic amines) is 2. The Morgan fingerprint density at radius 1 is 1.12 bits per heavy atom. The van der Waals surface area contributed by atoms with E-state index in [4.69, 9.17) is 4.74 Å². The van der Waals surface area contributed by atoms with E-state index in [9.17, 15) is 4.79 Å². The van der Waals surface area contributed by atoms with Crippen LogP contribution in [0.4, 0.5) is 0 Å². The van der Waals surface area contributed by atoms with E-state index in [1.165, 1.54) is 0 Å². The van der Waals surface area contributed by atoms with Crippen LogP contribution >= 0.6 is 0 Å². The summed E-state index contributed by atoms with van der Waals surface area (Å²) in [4.78, 5) is 17.6. The lowest BCUT2D eigenvalue weighted by Gasteiger charge is -2.41. The molecular formula is C19H37N3O2. The lowest BCUT2D eigenvalue weighted by Crippen LogP contribution is -2.62. The second kappa shape index (κ2) is 7.30. The van der Waals surface area contributed by atoms with Crippen LogP contribution in [-0.4, -0.2) is 73.2 Å². The minimum absolute atomic E-state index is 0.00208. The van der Waals surface area contributed by atoms with Crippen LogP contribution in [0.3, 0.4) is 0 Å². The number of hydrogen-bond donors (Lipinski definition) is 1. The van der Waals surface area contributed by atoms with Gasteiger partial charge in [0.25, 0.3) is 0 Å².